The molecule has 1 aromatic carbocycles. The number of furan rings is 1. The molecule has 1 aliphatic carbocycles. The van der Waals surface area contributed by atoms with E-state index in [-0.39, 0.29) is 6.04 Å². The quantitative estimate of drug-likeness (QED) is 0.887. The zero-order valence-corrected chi connectivity index (χ0v) is 11.7. The number of benzene rings is 1. The number of nitrogens with one attached hydrogen (secondary N) is 1. The van der Waals surface area contributed by atoms with E-state index in [1.807, 2.05) is 24.3 Å². The van der Waals surface area contributed by atoms with Crippen molar-refractivity contribution in [2.45, 2.75) is 37.8 Å². The highest BCUT2D eigenvalue weighted by atomic mass is 35.5. The Bertz CT molecular complexity index is 531. The molecule has 19 heavy (non-hydrogen) atoms. The fourth-order valence-electron chi connectivity index (χ4n) is 2.79. The summed E-state index contributed by atoms with van der Waals surface area (Å²) in [6, 6.07) is 12.9. The first-order chi connectivity index (χ1) is 9.24. The van der Waals surface area contributed by atoms with Crippen LogP contribution in [0.4, 0.5) is 0 Å². The molecule has 100 valence electrons. The van der Waals surface area contributed by atoms with Crippen LogP contribution in [-0.4, -0.2) is 6.04 Å². The van der Waals surface area contributed by atoms with Crippen LogP contribution in [0.5, 0.6) is 0 Å². The van der Waals surface area contributed by atoms with Crippen LogP contribution < -0.4 is 5.32 Å². The van der Waals surface area contributed by atoms with Gasteiger partial charge in [0.05, 0.1) is 12.3 Å². The molecular weight excluding hydrogens is 258 g/mol. The molecule has 2 nitrogen and oxygen atoms in total. The predicted molar refractivity (Wildman–Crippen MR) is 77.5 cm³/mol. The number of halogens is 1. The molecule has 1 aliphatic rings. The molecule has 3 heteroatoms. The first kappa shape index (κ1) is 12.8. The number of rotatable bonds is 4. The summed E-state index contributed by atoms with van der Waals surface area (Å²) in [5.74, 6) is 1.59. The fourth-order valence-corrected chi connectivity index (χ4v) is 3.08. The second kappa shape index (κ2) is 5.40. The third-order valence-corrected chi connectivity index (χ3v) is 4.28. The van der Waals surface area contributed by atoms with Gasteiger partial charge in [0.2, 0.25) is 0 Å². The van der Waals surface area contributed by atoms with Gasteiger partial charge in [0.25, 0.3) is 0 Å². The monoisotopic (exact) mass is 275 g/mol. The van der Waals surface area contributed by atoms with Crippen molar-refractivity contribution in [2.24, 2.45) is 0 Å². The highest BCUT2D eigenvalue weighted by Gasteiger charge is 2.32. The van der Waals surface area contributed by atoms with Crippen molar-refractivity contribution >= 4 is 11.6 Å². The molecule has 0 amide bonds. The van der Waals surface area contributed by atoms with Gasteiger partial charge in [0.1, 0.15) is 5.76 Å². The van der Waals surface area contributed by atoms with E-state index in [1.54, 1.807) is 6.26 Å². The predicted octanol–water partition coefficient (Wildman–Crippen LogP) is 4.53. The maximum atomic E-state index is 6.23. The van der Waals surface area contributed by atoms with Gasteiger partial charge in [-0.1, -0.05) is 29.8 Å². The van der Waals surface area contributed by atoms with E-state index < -0.39 is 0 Å². The molecule has 1 N–H and O–H groups in total. The summed E-state index contributed by atoms with van der Waals surface area (Å²) in [7, 11) is 0. The van der Waals surface area contributed by atoms with E-state index >= 15 is 0 Å². The summed E-state index contributed by atoms with van der Waals surface area (Å²) < 4.78 is 5.41. The minimum Gasteiger partial charge on any atom is -0.468 e. The van der Waals surface area contributed by atoms with Crippen molar-refractivity contribution in [2.75, 3.05) is 0 Å². The van der Waals surface area contributed by atoms with Crippen LogP contribution in [-0.2, 0) is 0 Å². The Morgan fingerprint density at radius 2 is 2.00 bits per heavy atom. The molecule has 1 heterocycles. The summed E-state index contributed by atoms with van der Waals surface area (Å²) in [4.78, 5) is 0. The minimum absolute atomic E-state index is 0.271. The van der Waals surface area contributed by atoms with Crippen LogP contribution in [0.3, 0.4) is 0 Å². The maximum absolute atomic E-state index is 6.23. The standard InChI is InChI=1S/C16H18ClNO/c1-11(16-7-4-8-19-16)18-13-9-12(10-13)14-5-2-3-6-15(14)17/h2-8,11-13,18H,9-10H2,1H3/t11-,12?,13?/m0/s1. The van der Waals surface area contributed by atoms with E-state index in [0.717, 1.165) is 23.6 Å². The van der Waals surface area contributed by atoms with Gasteiger partial charge in [-0.15, -0.1) is 0 Å². The van der Waals surface area contributed by atoms with Crippen molar-refractivity contribution in [1.29, 1.82) is 0 Å². The first-order valence-electron chi connectivity index (χ1n) is 6.78. The van der Waals surface area contributed by atoms with Gasteiger partial charge in [-0.25, -0.2) is 0 Å². The highest BCUT2D eigenvalue weighted by Crippen LogP contribution is 2.40. The Balaban J connectivity index is 1.55. The lowest BCUT2D eigenvalue weighted by Crippen LogP contribution is -2.41. The lowest BCUT2D eigenvalue weighted by molar-refractivity contribution is 0.258. The molecule has 3 rings (SSSR count). The van der Waals surface area contributed by atoms with Crippen molar-refractivity contribution in [3.63, 3.8) is 0 Å². The lowest BCUT2D eigenvalue weighted by Gasteiger charge is -2.38. The summed E-state index contributed by atoms with van der Waals surface area (Å²) in [5, 5.41) is 4.49. The van der Waals surface area contributed by atoms with E-state index in [0.29, 0.717) is 12.0 Å². The summed E-state index contributed by atoms with van der Waals surface area (Å²) in [6.45, 7) is 2.14. The molecule has 0 radical (unpaired) electrons. The Morgan fingerprint density at radius 3 is 2.68 bits per heavy atom. The van der Waals surface area contributed by atoms with Crippen LogP contribution in [0.1, 0.15) is 43.0 Å². The molecule has 0 aliphatic heterocycles. The first-order valence-corrected chi connectivity index (χ1v) is 7.15. The smallest absolute Gasteiger partial charge is 0.120 e. The van der Waals surface area contributed by atoms with E-state index in [4.69, 9.17) is 16.0 Å². The highest BCUT2D eigenvalue weighted by molar-refractivity contribution is 6.31. The van der Waals surface area contributed by atoms with Crippen molar-refractivity contribution in [3.05, 3.63) is 59.0 Å². The van der Waals surface area contributed by atoms with Crippen molar-refractivity contribution < 1.29 is 4.42 Å². The van der Waals surface area contributed by atoms with Gasteiger partial charge < -0.3 is 9.73 Å². The van der Waals surface area contributed by atoms with Crippen LogP contribution in [0.2, 0.25) is 5.02 Å². The van der Waals surface area contributed by atoms with Gasteiger partial charge >= 0.3 is 0 Å². The third kappa shape index (κ3) is 2.70. The summed E-state index contributed by atoms with van der Waals surface area (Å²) in [5.41, 5.74) is 1.29. The van der Waals surface area contributed by atoms with Gasteiger partial charge in [-0.2, -0.15) is 0 Å². The minimum atomic E-state index is 0.271. The number of hydrogen-bond acceptors (Lipinski definition) is 2. The Kier molecular flexibility index (Phi) is 3.63. The molecule has 0 unspecified atom stereocenters. The van der Waals surface area contributed by atoms with Crippen LogP contribution in [0.15, 0.2) is 47.1 Å². The summed E-state index contributed by atoms with van der Waals surface area (Å²) in [6.07, 6.45) is 4.02. The largest absolute Gasteiger partial charge is 0.468 e. The molecular formula is C16H18ClNO. The average Bonchev–Trinajstić information content (AvgIpc) is 2.88. The van der Waals surface area contributed by atoms with Crippen LogP contribution in [0.25, 0.3) is 0 Å². The molecule has 1 atom stereocenters. The van der Waals surface area contributed by atoms with Gasteiger partial charge in [-0.05, 0) is 49.4 Å². The Morgan fingerprint density at radius 1 is 1.21 bits per heavy atom. The zero-order valence-electron chi connectivity index (χ0n) is 11.0. The average molecular weight is 276 g/mol. The van der Waals surface area contributed by atoms with Gasteiger partial charge in [-0.3, -0.25) is 0 Å². The second-order valence-corrected chi connectivity index (χ2v) is 5.70. The van der Waals surface area contributed by atoms with Crippen LogP contribution in [0, 0.1) is 0 Å². The Labute approximate surface area is 118 Å². The van der Waals surface area contributed by atoms with E-state index in [9.17, 15) is 0 Å². The van der Waals surface area contributed by atoms with Crippen molar-refractivity contribution in [1.82, 2.24) is 5.32 Å². The fraction of sp³-hybridized carbons (Fsp3) is 0.375. The van der Waals surface area contributed by atoms with Gasteiger partial charge in [0, 0.05) is 11.1 Å². The summed E-state index contributed by atoms with van der Waals surface area (Å²) >= 11 is 6.23. The molecule has 1 aromatic heterocycles. The SMILES string of the molecule is C[C@H](NC1CC(c2ccccc2Cl)C1)c1ccco1. The molecule has 1 saturated carbocycles. The molecule has 0 bridgehead atoms. The second-order valence-electron chi connectivity index (χ2n) is 5.29. The Hall–Kier alpha value is -1.25. The van der Waals surface area contributed by atoms with E-state index in [2.05, 4.69) is 24.4 Å². The molecule has 1 fully saturated rings. The lowest BCUT2D eigenvalue weighted by atomic mass is 9.75. The molecule has 0 spiro atoms. The zero-order chi connectivity index (χ0) is 13.2. The molecule has 0 saturated heterocycles. The number of hydrogen-bond donors (Lipinski definition) is 1. The van der Waals surface area contributed by atoms with Crippen molar-refractivity contribution in [3.8, 4) is 0 Å². The normalized spacial score (nSPS) is 23.9. The van der Waals surface area contributed by atoms with Gasteiger partial charge in [0.15, 0.2) is 0 Å². The molecule has 2 aromatic rings. The van der Waals surface area contributed by atoms with Crippen LogP contribution >= 0.6 is 11.6 Å². The topological polar surface area (TPSA) is 25.2 Å². The third-order valence-electron chi connectivity index (χ3n) is 3.94. The maximum Gasteiger partial charge on any atom is 0.120 e. The van der Waals surface area contributed by atoms with E-state index in [1.165, 1.54) is 5.56 Å².